The average Bonchev–Trinajstić information content (AvgIpc) is 2.48. The minimum Gasteiger partial charge on any atom is -0.489 e. The molecule has 0 unspecified atom stereocenters. The van der Waals surface area contributed by atoms with E-state index < -0.39 is 0 Å². The zero-order chi connectivity index (χ0) is 15.1. The zero-order valence-corrected chi connectivity index (χ0v) is 14.8. The Kier molecular flexibility index (Phi) is 6.51. The third-order valence-corrected chi connectivity index (χ3v) is 3.98. The molecule has 0 saturated carbocycles. The Labute approximate surface area is 141 Å². The van der Waals surface area contributed by atoms with Gasteiger partial charge >= 0.3 is 0 Å². The van der Waals surface area contributed by atoms with Gasteiger partial charge in [-0.1, -0.05) is 36.8 Å². The van der Waals surface area contributed by atoms with E-state index in [9.17, 15) is 0 Å². The Balaban J connectivity index is 2.02. The van der Waals surface area contributed by atoms with Gasteiger partial charge in [0, 0.05) is 15.7 Å². The summed E-state index contributed by atoms with van der Waals surface area (Å²) in [6.45, 7) is 6.80. The van der Waals surface area contributed by atoms with Gasteiger partial charge in [-0.15, -0.1) is 0 Å². The Morgan fingerprint density at radius 1 is 1.10 bits per heavy atom. The molecule has 1 N–H and O–H groups in total. The summed E-state index contributed by atoms with van der Waals surface area (Å²) in [5, 5.41) is 3.44. The lowest BCUT2D eigenvalue weighted by molar-refractivity contribution is 0.302. The van der Waals surface area contributed by atoms with E-state index in [2.05, 4.69) is 84.2 Å². The molecule has 2 aromatic carbocycles. The van der Waals surface area contributed by atoms with Crippen molar-refractivity contribution in [2.24, 2.45) is 0 Å². The van der Waals surface area contributed by atoms with Crippen LogP contribution in [0, 0.1) is 10.5 Å². The normalized spacial score (nSPS) is 10.6. The van der Waals surface area contributed by atoms with Crippen molar-refractivity contribution in [3.63, 3.8) is 0 Å². The van der Waals surface area contributed by atoms with Crippen LogP contribution in [-0.4, -0.2) is 6.54 Å². The molecule has 3 heteroatoms. The number of benzene rings is 2. The molecule has 0 bridgehead atoms. The maximum absolute atomic E-state index is 6.01. The molecule has 0 amide bonds. The molecule has 0 fully saturated rings. The highest BCUT2D eigenvalue weighted by molar-refractivity contribution is 14.1. The maximum atomic E-state index is 6.01. The molecule has 0 spiro atoms. The lowest BCUT2D eigenvalue weighted by atomic mass is 10.1. The van der Waals surface area contributed by atoms with Crippen LogP contribution in [0.2, 0.25) is 0 Å². The van der Waals surface area contributed by atoms with Crippen LogP contribution in [0.25, 0.3) is 0 Å². The molecular weight excluding hydrogens is 373 g/mol. The zero-order valence-electron chi connectivity index (χ0n) is 12.7. The molecule has 0 radical (unpaired) electrons. The summed E-state index contributed by atoms with van der Waals surface area (Å²) in [7, 11) is 0. The standard InChI is InChI=1S/C18H22INO/c1-3-10-20-12-16-11-14(2)4-9-18(16)21-13-15-5-7-17(19)8-6-15/h4-9,11,20H,3,10,12-13H2,1-2H3. The van der Waals surface area contributed by atoms with Gasteiger partial charge in [-0.25, -0.2) is 0 Å². The quantitative estimate of drug-likeness (QED) is 0.543. The fourth-order valence-corrected chi connectivity index (χ4v) is 2.49. The number of hydrogen-bond donors (Lipinski definition) is 1. The molecule has 2 rings (SSSR count). The van der Waals surface area contributed by atoms with Crippen molar-refractivity contribution in [3.8, 4) is 5.75 Å². The fourth-order valence-electron chi connectivity index (χ4n) is 2.13. The second kappa shape index (κ2) is 8.39. The third-order valence-electron chi connectivity index (χ3n) is 3.27. The molecular formula is C18H22INO. The van der Waals surface area contributed by atoms with Crippen LogP contribution < -0.4 is 10.1 Å². The van der Waals surface area contributed by atoms with Gasteiger partial charge in [0.1, 0.15) is 12.4 Å². The predicted octanol–water partition coefficient (Wildman–Crippen LogP) is 4.68. The number of nitrogens with one attached hydrogen (secondary N) is 1. The molecule has 0 saturated heterocycles. The number of ether oxygens (including phenoxy) is 1. The second-order valence-corrected chi connectivity index (χ2v) is 6.45. The van der Waals surface area contributed by atoms with Gasteiger partial charge in [0.25, 0.3) is 0 Å². The molecule has 2 aromatic rings. The highest BCUT2D eigenvalue weighted by Gasteiger charge is 2.04. The Morgan fingerprint density at radius 3 is 2.57 bits per heavy atom. The topological polar surface area (TPSA) is 21.3 Å². The summed E-state index contributed by atoms with van der Waals surface area (Å²) in [6.07, 6.45) is 1.14. The van der Waals surface area contributed by atoms with Gasteiger partial charge in [-0.2, -0.15) is 0 Å². The summed E-state index contributed by atoms with van der Waals surface area (Å²) in [5.74, 6) is 0.975. The third kappa shape index (κ3) is 5.32. The van der Waals surface area contributed by atoms with Gasteiger partial charge in [0.15, 0.2) is 0 Å². The minimum atomic E-state index is 0.612. The monoisotopic (exact) mass is 395 g/mol. The molecule has 0 aromatic heterocycles. The van der Waals surface area contributed by atoms with Crippen LogP contribution in [0.3, 0.4) is 0 Å². The first kappa shape index (κ1) is 16.3. The number of aryl methyl sites for hydroxylation is 1. The predicted molar refractivity (Wildman–Crippen MR) is 96.7 cm³/mol. The van der Waals surface area contributed by atoms with Crippen LogP contribution in [0.5, 0.6) is 5.75 Å². The average molecular weight is 395 g/mol. The van der Waals surface area contributed by atoms with E-state index in [4.69, 9.17) is 4.74 Å². The van der Waals surface area contributed by atoms with E-state index in [1.807, 2.05) is 0 Å². The molecule has 112 valence electrons. The van der Waals surface area contributed by atoms with Gasteiger partial charge in [0.2, 0.25) is 0 Å². The van der Waals surface area contributed by atoms with Crippen LogP contribution in [0.4, 0.5) is 0 Å². The van der Waals surface area contributed by atoms with Gasteiger partial charge in [0.05, 0.1) is 0 Å². The summed E-state index contributed by atoms with van der Waals surface area (Å²) >= 11 is 2.31. The summed E-state index contributed by atoms with van der Waals surface area (Å²) in [4.78, 5) is 0. The molecule has 0 heterocycles. The van der Waals surface area contributed by atoms with Gasteiger partial charge in [-0.05, 0) is 66.2 Å². The van der Waals surface area contributed by atoms with E-state index in [1.54, 1.807) is 0 Å². The Bertz CT molecular complexity index is 566. The van der Waals surface area contributed by atoms with Crippen molar-refractivity contribution in [1.82, 2.24) is 5.32 Å². The summed E-state index contributed by atoms with van der Waals surface area (Å²) in [6, 6.07) is 14.8. The molecule has 2 nitrogen and oxygen atoms in total. The highest BCUT2D eigenvalue weighted by atomic mass is 127. The number of halogens is 1. The molecule has 0 aliphatic rings. The van der Waals surface area contributed by atoms with E-state index in [-0.39, 0.29) is 0 Å². The van der Waals surface area contributed by atoms with Crippen LogP contribution in [0.15, 0.2) is 42.5 Å². The first-order chi connectivity index (χ1) is 10.2. The van der Waals surface area contributed by atoms with E-state index in [0.29, 0.717) is 6.61 Å². The fraction of sp³-hybridized carbons (Fsp3) is 0.333. The van der Waals surface area contributed by atoms with Crippen molar-refractivity contribution >= 4 is 22.6 Å². The van der Waals surface area contributed by atoms with Crippen LogP contribution in [0.1, 0.15) is 30.0 Å². The molecule has 0 atom stereocenters. The van der Waals surface area contributed by atoms with Crippen molar-refractivity contribution in [2.75, 3.05) is 6.54 Å². The first-order valence-electron chi connectivity index (χ1n) is 7.36. The lowest BCUT2D eigenvalue weighted by Crippen LogP contribution is -2.14. The van der Waals surface area contributed by atoms with E-state index in [1.165, 1.54) is 20.3 Å². The SMILES string of the molecule is CCCNCc1cc(C)ccc1OCc1ccc(I)cc1. The van der Waals surface area contributed by atoms with E-state index >= 15 is 0 Å². The minimum absolute atomic E-state index is 0.612. The van der Waals surface area contributed by atoms with Crippen molar-refractivity contribution < 1.29 is 4.74 Å². The first-order valence-corrected chi connectivity index (χ1v) is 8.44. The number of hydrogen-bond acceptors (Lipinski definition) is 2. The van der Waals surface area contributed by atoms with Crippen LogP contribution in [-0.2, 0) is 13.2 Å². The largest absolute Gasteiger partial charge is 0.489 e. The summed E-state index contributed by atoms with van der Waals surface area (Å²) in [5.41, 5.74) is 3.70. The summed E-state index contributed by atoms with van der Waals surface area (Å²) < 4.78 is 7.25. The van der Waals surface area contributed by atoms with Crippen molar-refractivity contribution in [1.29, 1.82) is 0 Å². The van der Waals surface area contributed by atoms with Crippen molar-refractivity contribution in [3.05, 3.63) is 62.7 Å². The molecule has 0 aliphatic carbocycles. The highest BCUT2D eigenvalue weighted by Crippen LogP contribution is 2.21. The molecule has 0 aliphatic heterocycles. The molecule has 21 heavy (non-hydrogen) atoms. The number of rotatable bonds is 7. The maximum Gasteiger partial charge on any atom is 0.124 e. The van der Waals surface area contributed by atoms with Crippen LogP contribution >= 0.6 is 22.6 Å². The van der Waals surface area contributed by atoms with Gasteiger partial charge < -0.3 is 10.1 Å². The van der Waals surface area contributed by atoms with Crippen molar-refractivity contribution in [2.45, 2.75) is 33.4 Å². The smallest absolute Gasteiger partial charge is 0.124 e. The Morgan fingerprint density at radius 2 is 1.86 bits per heavy atom. The van der Waals surface area contributed by atoms with E-state index in [0.717, 1.165) is 25.3 Å². The lowest BCUT2D eigenvalue weighted by Gasteiger charge is -2.13. The second-order valence-electron chi connectivity index (χ2n) is 5.20. The Hall–Kier alpha value is -1.07. The van der Waals surface area contributed by atoms with Gasteiger partial charge in [-0.3, -0.25) is 0 Å².